The summed E-state index contributed by atoms with van der Waals surface area (Å²) in [6.45, 7) is 7.06. The molecule has 0 saturated carbocycles. The molecular formula is C29H31NO4. The van der Waals surface area contributed by atoms with E-state index in [2.05, 4.69) is 18.7 Å². The number of allylic oxidation sites excluding steroid dienone is 1. The molecule has 176 valence electrons. The van der Waals surface area contributed by atoms with E-state index in [-0.39, 0.29) is 0 Å². The van der Waals surface area contributed by atoms with E-state index in [1.807, 2.05) is 78.9 Å². The maximum atomic E-state index is 5.95. The van der Waals surface area contributed by atoms with E-state index < -0.39 is 0 Å². The van der Waals surface area contributed by atoms with Crippen LogP contribution in [0, 0.1) is 0 Å². The molecule has 0 fully saturated rings. The van der Waals surface area contributed by atoms with Crippen LogP contribution in [0.1, 0.15) is 30.0 Å². The first-order valence-electron chi connectivity index (χ1n) is 11.3. The van der Waals surface area contributed by atoms with Crippen LogP contribution in [-0.2, 0) is 16.2 Å². The third kappa shape index (κ3) is 7.55. The zero-order valence-electron chi connectivity index (χ0n) is 19.8. The van der Waals surface area contributed by atoms with Crippen LogP contribution in [0.4, 0.5) is 0 Å². The van der Waals surface area contributed by atoms with E-state index in [1.54, 1.807) is 12.3 Å². The summed E-state index contributed by atoms with van der Waals surface area (Å²) in [7, 11) is 1.53. The Morgan fingerprint density at radius 1 is 0.853 bits per heavy atom. The number of oxime groups is 1. The van der Waals surface area contributed by atoms with E-state index in [0.29, 0.717) is 19.8 Å². The molecule has 0 saturated heterocycles. The maximum absolute atomic E-state index is 5.95. The van der Waals surface area contributed by atoms with E-state index in [1.165, 1.54) is 7.11 Å². The molecule has 0 amide bonds. The molecule has 3 aromatic rings. The largest absolute Gasteiger partial charge is 0.497 e. The third-order valence-electron chi connectivity index (χ3n) is 5.06. The molecule has 0 unspecified atom stereocenters. The van der Waals surface area contributed by atoms with Crippen molar-refractivity contribution in [2.45, 2.75) is 20.0 Å². The Kier molecular flexibility index (Phi) is 9.81. The highest BCUT2D eigenvalue weighted by Gasteiger charge is 2.06. The minimum absolute atomic E-state index is 0.312. The predicted molar refractivity (Wildman–Crippen MR) is 137 cm³/mol. The monoisotopic (exact) mass is 457 g/mol. The lowest BCUT2D eigenvalue weighted by atomic mass is 10.1. The Morgan fingerprint density at radius 2 is 1.53 bits per heavy atom. The van der Waals surface area contributed by atoms with Crippen molar-refractivity contribution in [3.05, 3.63) is 114 Å². The van der Waals surface area contributed by atoms with Crippen molar-refractivity contribution in [1.82, 2.24) is 0 Å². The van der Waals surface area contributed by atoms with Crippen LogP contribution in [0.5, 0.6) is 11.5 Å². The second kappa shape index (κ2) is 13.5. The number of ether oxygens (including phenoxy) is 3. The summed E-state index contributed by atoms with van der Waals surface area (Å²) in [6, 6.07) is 25.7. The van der Waals surface area contributed by atoms with Gasteiger partial charge in [-0.15, -0.1) is 0 Å². The maximum Gasteiger partial charge on any atom is 0.134 e. The lowest BCUT2D eigenvalue weighted by molar-refractivity contribution is 0.210. The van der Waals surface area contributed by atoms with Crippen LogP contribution in [-0.4, -0.2) is 26.0 Å². The van der Waals surface area contributed by atoms with E-state index in [4.69, 9.17) is 19.0 Å². The van der Waals surface area contributed by atoms with Crippen molar-refractivity contribution in [3.63, 3.8) is 0 Å². The van der Waals surface area contributed by atoms with Crippen LogP contribution < -0.4 is 9.47 Å². The van der Waals surface area contributed by atoms with Crippen LogP contribution in [0.15, 0.2) is 103 Å². The fourth-order valence-corrected chi connectivity index (χ4v) is 3.24. The Bertz CT molecular complexity index is 1070. The Hall–Kier alpha value is -3.99. The van der Waals surface area contributed by atoms with Gasteiger partial charge in [-0.05, 0) is 47.4 Å². The summed E-state index contributed by atoms with van der Waals surface area (Å²) < 4.78 is 17.3. The smallest absolute Gasteiger partial charge is 0.134 e. The van der Waals surface area contributed by atoms with Gasteiger partial charge in [0.1, 0.15) is 44.1 Å². The average Bonchev–Trinajstić information content (AvgIpc) is 2.89. The summed E-state index contributed by atoms with van der Waals surface area (Å²) in [4.78, 5) is 4.97. The lowest BCUT2D eigenvalue weighted by Gasteiger charge is -2.11. The summed E-state index contributed by atoms with van der Waals surface area (Å²) in [5, 5.41) is 4.09. The van der Waals surface area contributed by atoms with Gasteiger partial charge in [-0.2, -0.15) is 0 Å². The Labute approximate surface area is 201 Å². The molecule has 5 heteroatoms. The fraction of sp³-hybridized carbons (Fsp3) is 0.207. The van der Waals surface area contributed by atoms with Crippen LogP contribution in [0.25, 0.3) is 5.57 Å². The first-order chi connectivity index (χ1) is 16.7. The zero-order valence-corrected chi connectivity index (χ0v) is 19.8. The van der Waals surface area contributed by atoms with Gasteiger partial charge in [0.2, 0.25) is 0 Å². The molecule has 0 aliphatic rings. The van der Waals surface area contributed by atoms with Crippen molar-refractivity contribution < 1.29 is 19.0 Å². The third-order valence-corrected chi connectivity index (χ3v) is 5.06. The van der Waals surface area contributed by atoms with Gasteiger partial charge in [-0.1, -0.05) is 79.3 Å². The summed E-state index contributed by atoms with van der Waals surface area (Å²) in [5.74, 6) is 1.57. The molecule has 5 nitrogen and oxygen atoms in total. The van der Waals surface area contributed by atoms with Gasteiger partial charge in [0.15, 0.2) is 0 Å². The molecule has 0 heterocycles. The molecule has 0 radical (unpaired) electrons. The second-order valence-electron chi connectivity index (χ2n) is 7.45. The molecule has 0 bridgehead atoms. The van der Waals surface area contributed by atoms with Crippen molar-refractivity contribution >= 4 is 11.3 Å². The van der Waals surface area contributed by atoms with Crippen molar-refractivity contribution in [2.75, 3.05) is 20.3 Å². The standard InChI is InChI=1S/C29H31NO4/c1-4-19-32-21-24(5-2)25-13-17-28(18-14-25)33-20-23-11-15-27(16-12-23)34-22-29(30-31-3)26-9-7-6-8-10-26/h4,6-18,21H,1,5,19-20,22H2,2-3H3/b24-21-,30-29+. The molecule has 0 N–H and O–H groups in total. The van der Waals surface area contributed by atoms with Crippen LogP contribution in [0.3, 0.4) is 0 Å². The predicted octanol–water partition coefficient (Wildman–Crippen LogP) is 6.65. The van der Waals surface area contributed by atoms with Gasteiger partial charge >= 0.3 is 0 Å². The van der Waals surface area contributed by atoms with Gasteiger partial charge in [0.05, 0.1) is 6.26 Å². The molecule has 34 heavy (non-hydrogen) atoms. The topological polar surface area (TPSA) is 49.3 Å². The van der Waals surface area contributed by atoms with E-state index in [0.717, 1.165) is 45.9 Å². The number of hydrogen-bond acceptors (Lipinski definition) is 5. The number of benzene rings is 3. The van der Waals surface area contributed by atoms with Gasteiger partial charge < -0.3 is 19.0 Å². The van der Waals surface area contributed by atoms with Crippen molar-refractivity contribution in [2.24, 2.45) is 5.16 Å². The minimum atomic E-state index is 0.312. The quantitative estimate of drug-likeness (QED) is 0.0948. The fourth-order valence-electron chi connectivity index (χ4n) is 3.24. The molecule has 3 rings (SSSR count). The van der Waals surface area contributed by atoms with Crippen LogP contribution >= 0.6 is 0 Å². The van der Waals surface area contributed by atoms with Gasteiger partial charge in [-0.25, -0.2) is 0 Å². The molecule has 0 aliphatic heterocycles. The average molecular weight is 458 g/mol. The van der Waals surface area contributed by atoms with Gasteiger partial charge in [-0.3, -0.25) is 0 Å². The zero-order chi connectivity index (χ0) is 24.0. The normalized spacial score (nSPS) is 11.6. The van der Waals surface area contributed by atoms with Crippen LogP contribution in [0.2, 0.25) is 0 Å². The van der Waals surface area contributed by atoms with Crippen molar-refractivity contribution in [3.8, 4) is 11.5 Å². The van der Waals surface area contributed by atoms with Crippen molar-refractivity contribution in [1.29, 1.82) is 0 Å². The first-order valence-corrected chi connectivity index (χ1v) is 11.3. The first kappa shape index (κ1) is 24.6. The molecule has 0 aliphatic carbocycles. The second-order valence-corrected chi connectivity index (χ2v) is 7.45. The highest BCUT2D eigenvalue weighted by molar-refractivity contribution is 6.01. The van der Waals surface area contributed by atoms with Gasteiger partial charge in [0, 0.05) is 5.56 Å². The van der Waals surface area contributed by atoms with E-state index >= 15 is 0 Å². The molecule has 0 spiro atoms. The summed E-state index contributed by atoms with van der Waals surface area (Å²) in [6.07, 6.45) is 4.41. The molecule has 3 aromatic carbocycles. The SMILES string of the molecule is C=CCO/C=C(/CC)c1ccc(OCc2ccc(OC/C(=N\OC)c3ccccc3)cc2)cc1. The van der Waals surface area contributed by atoms with E-state index in [9.17, 15) is 0 Å². The summed E-state index contributed by atoms with van der Waals surface area (Å²) in [5.41, 5.74) is 5.00. The Balaban J connectivity index is 1.52. The number of hydrogen-bond donors (Lipinski definition) is 0. The summed E-state index contributed by atoms with van der Waals surface area (Å²) >= 11 is 0. The highest BCUT2D eigenvalue weighted by Crippen LogP contribution is 2.22. The highest BCUT2D eigenvalue weighted by atomic mass is 16.6. The number of rotatable bonds is 13. The number of nitrogens with zero attached hydrogens (tertiary/aromatic N) is 1. The minimum Gasteiger partial charge on any atom is -0.497 e. The molecule has 0 aromatic heterocycles. The molecular weight excluding hydrogens is 426 g/mol. The lowest BCUT2D eigenvalue weighted by Crippen LogP contribution is -2.13. The van der Waals surface area contributed by atoms with Gasteiger partial charge in [0.25, 0.3) is 0 Å². The Morgan fingerprint density at radius 3 is 2.18 bits per heavy atom. The molecule has 0 atom stereocenters.